The molecule has 1 atom stereocenters. The molecule has 0 saturated heterocycles. The van der Waals surface area contributed by atoms with Crippen LogP contribution in [0.1, 0.15) is 29.8 Å². The zero-order valence-corrected chi connectivity index (χ0v) is 10.7. The first-order chi connectivity index (χ1) is 7.63. The van der Waals surface area contributed by atoms with E-state index in [9.17, 15) is 0 Å². The van der Waals surface area contributed by atoms with E-state index in [2.05, 4.69) is 22.1 Å². The number of thiazole rings is 1. The van der Waals surface area contributed by atoms with Crippen molar-refractivity contribution < 1.29 is 0 Å². The third-order valence-electron chi connectivity index (χ3n) is 2.40. The molecule has 86 valence electrons. The Hall–Kier alpha value is -1.21. The van der Waals surface area contributed by atoms with Crippen LogP contribution in [0.2, 0.25) is 0 Å². The average molecular weight is 255 g/mol. The smallest absolute Gasteiger partial charge is 0.221 e. The number of hydrogen-bond acceptors (Lipinski definition) is 5. The Morgan fingerprint density at radius 3 is 2.94 bits per heavy atom. The molecule has 0 aliphatic rings. The molecule has 0 fully saturated rings. The van der Waals surface area contributed by atoms with Crippen molar-refractivity contribution >= 4 is 29.5 Å². The summed E-state index contributed by atoms with van der Waals surface area (Å²) in [4.78, 5) is 5.64. The second-order valence-corrected chi connectivity index (χ2v) is 4.98. The van der Waals surface area contributed by atoms with E-state index in [1.807, 2.05) is 13.1 Å². The molecule has 0 aliphatic carbocycles. The third-order valence-corrected chi connectivity index (χ3v) is 4.00. The van der Waals surface area contributed by atoms with Crippen molar-refractivity contribution in [2.45, 2.75) is 26.3 Å². The van der Waals surface area contributed by atoms with Gasteiger partial charge in [-0.3, -0.25) is 4.57 Å². The molecular formula is C9H13N5S2. The number of nitrogens with one attached hydrogen (secondary N) is 1. The molecule has 2 aromatic heterocycles. The summed E-state index contributed by atoms with van der Waals surface area (Å²) in [6.07, 6.45) is 2.90. The van der Waals surface area contributed by atoms with Crippen molar-refractivity contribution in [2.24, 2.45) is 0 Å². The Bertz CT molecular complexity index is 538. The van der Waals surface area contributed by atoms with Crippen LogP contribution >= 0.6 is 23.6 Å². The first-order valence-electron chi connectivity index (χ1n) is 5.00. The van der Waals surface area contributed by atoms with E-state index in [4.69, 9.17) is 18.0 Å². The van der Waals surface area contributed by atoms with Crippen LogP contribution in [0.25, 0.3) is 0 Å². The van der Waals surface area contributed by atoms with Gasteiger partial charge < -0.3 is 5.73 Å². The molecule has 5 nitrogen and oxygen atoms in total. The van der Waals surface area contributed by atoms with E-state index in [-0.39, 0.29) is 6.04 Å². The maximum atomic E-state index is 5.75. The van der Waals surface area contributed by atoms with Crippen molar-refractivity contribution in [3.63, 3.8) is 0 Å². The van der Waals surface area contributed by atoms with Gasteiger partial charge in [-0.25, -0.2) is 10.1 Å². The minimum atomic E-state index is 0.0246. The maximum absolute atomic E-state index is 5.75. The van der Waals surface area contributed by atoms with Crippen molar-refractivity contribution in [3.05, 3.63) is 20.9 Å². The lowest BCUT2D eigenvalue weighted by Crippen LogP contribution is -2.10. The average Bonchev–Trinajstić information content (AvgIpc) is 2.85. The molecule has 7 heteroatoms. The van der Waals surface area contributed by atoms with Crippen LogP contribution in [0.15, 0.2) is 6.20 Å². The Morgan fingerprint density at radius 2 is 2.44 bits per heavy atom. The van der Waals surface area contributed by atoms with E-state index in [0.29, 0.717) is 10.7 Å². The van der Waals surface area contributed by atoms with Gasteiger partial charge in [0.25, 0.3) is 0 Å². The van der Waals surface area contributed by atoms with Crippen LogP contribution in [0.3, 0.4) is 0 Å². The lowest BCUT2D eigenvalue weighted by molar-refractivity contribution is 0.633. The standard InChI is InChI=1S/C9H13N5S2/c1-3-6-4-11-7(16-6)5(2)14-8(10)12-13-9(14)15/h4-5H,3H2,1-2H3,(H2,10,12)(H,13,15). The highest BCUT2D eigenvalue weighted by Crippen LogP contribution is 2.25. The van der Waals surface area contributed by atoms with Gasteiger partial charge in [0.05, 0.1) is 6.04 Å². The van der Waals surface area contributed by atoms with Gasteiger partial charge in [0.1, 0.15) is 5.01 Å². The Kier molecular flexibility index (Phi) is 3.06. The van der Waals surface area contributed by atoms with Gasteiger partial charge in [-0.1, -0.05) is 6.92 Å². The predicted octanol–water partition coefficient (Wildman–Crippen LogP) is 2.15. The Morgan fingerprint density at radius 1 is 1.69 bits per heavy atom. The molecule has 0 saturated carbocycles. The van der Waals surface area contributed by atoms with Crippen LogP contribution in [-0.2, 0) is 6.42 Å². The second kappa shape index (κ2) is 4.34. The van der Waals surface area contributed by atoms with E-state index >= 15 is 0 Å². The van der Waals surface area contributed by atoms with Crippen LogP contribution in [-0.4, -0.2) is 19.7 Å². The number of rotatable bonds is 3. The quantitative estimate of drug-likeness (QED) is 0.824. The summed E-state index contributed by atoms with van der Waals surface area (Å²) in [6.45, 7) is 4.12. The van der Waals surface area contributed by atoms with Crippen molar-refractivity contribution in [2.75, 3.05) is 5.73 Å². The molecule has 0 amide bonds. The minimum Gasteiger partial charge on any atom is -0.368 e. The molecule has 2 aromatic rings. The lowest BCUT2D eigenvalue weighted by Gasteiger charge is -2.10. The zero-order chi connectivity index (χ0) is 11.7. The molecule has 0 aliphatic heterocycles. The highest BCUT2D eigenvalue weighted by atomic mass is 32.1. The van der Waals surface area contributed by atoms with Gasteiger partial charge >= 0.3 is 0 Å². The maximum Gasteiger partial charge on any atom is 0.221 e. The number of aryl methyl sites for hydroxylation is 1. The molecule has 1 unspecified atom stereocenters. The monoisotopic (exact) mass is 255 g/mol. The minimum absolute atomic E-state index is 0.0246. The number of hydrogen-bond donors (Lipinski definition) is 2. The van der Waals surface area contributed by atoms with E-state index in [1.165, 1.54) is 4.88 Å². The number of aromatic amines is 1. The van der Waals surface area contributed by atoms with Crippen LogP contribution in [0.4, 0.5) is 5.95 Å². The van der Waals surface area contributed by atoms with Gasteiger partial charge in [-0.15, -0.1) is 16.4 Å². The number of nitrogens with zero attached hydrogens (tertiary/aromatic N) is 3. The number of anilines is 1. The first-order valence-corrected chi connectivity index (χ1v) is 6.23. The van der Waals surface area contributed by atoms with E-state index < -0.39 is 0 Å². The highest BCUT2D eigenvalue weighted by molar-refractivity contribution is 7.71. The summed E-state index contributed by atoms with van der Waals surface area (Å²) in [5, 5.41) is 7.57. The van der Waals surface area contributed by atoms with Crippen LogP contribution in [0.5, 0.6) is 0 Å². The normalized spacial score (nSPS) is 12.9. The summed E-state index contributed by atoms with van der Waals surface area (Å²) in [5.41, 5.74) is 5.75. The summed E-state index contributed by atoms with van der Waals surface area (Å²) in [6, 6.07) is 0.0246. The number of aromatic nitrogens is 4. The molecule has 16 heavy (non-hydrogen) atoms. The summed E-state index contributed by atoms with van der Waals surface area (Å²) < 4.78 is 2.30. The van der Waals surface area contributed by atoms with Gasteiger partial charge in [0.15, 0.2) is 4.77 Å². The molecule has 3 N–H and O–H groups in total. The van der Waals surface area contributed by atoms with Gasteiger partial charge in [-0.2, -0.15) is 0 Å². The fraction of sp³-hybridized carbons (Fsp3) is 0.444. The van der Waals surface area contributed by atoms with Crippen molar-refractivity contribution in [1.82, 2.24) is 19.7 Å². The van der Waals surface area contributed by atoms with Crippen molar-refractivity contribution in [3.8, 4) is 0 Å². The zero-order valence-electron chi connectivity index (χ0n) is 9.10. The lowest BCUT2D eigenvalue weighted by atomic mass is 10.3. The molecule has 0 spiro atoms. The van der Waals surface area contributed by atoms with Crippen LogP contribution < -0.4 is 5.73 Å². The molecule has 0 aromatic carbocycles. The van der Waals surface area contributed by atoms with E-state index in [0.717, 1.165) is 11.4 Å². The first kappa shape index (κ1) is 11.3. The molecule has 2 rings (SSSR count). The van der Waals surface area contributed by atoms with E-state index in [1.54, 1.807) is 15.9 Å². The van der Waals surface area contributed by atoms with Crippen molar-refractivity contribution in [1.29, 1.82) is 0 Å². The number of nitrogen functional groups attached to an aromatic ring is 1. The number of nitrogens with two attached hydrogens (primary N) is 1. The Balaban J connectivity index is 2.38. The highest BCUT2D eigenvalue weighted by Gasteiger charge is 2.15. The molecular weight excluding hydrogens is 242 g/mol. The summed E-state index contributed by atoms with van der Waals surface area (Å²) in [5.74, 6) is 0.394. The topological polar surface area (TPSA) is 72.5 Å². The summed E-state index contributed by atoms with van der Waals surface area (Å²) >= 11 is 6.81. The largest absolute Gasteiger partial charge is 0.368 e. The SMILES string of the molecule is CCc1cnc(C(C)n2c(N)n[nH]c2=S)s1. The molecule has 0 bridgehead atoms. The third kappa shape index (κ3) is 1.88. The van der Waals surface area contributed by atoms with Crippen LogP contribution in [0, 0.1) is 4.77 Å². The molecule has 0 radical (unpaired) electrons. The van der Waals surface area contributed by atoms with Gasteiger partial charge in [0, 0.05) is 11.1 Å². The van der Waals surface area contributed by atoms with Gasteiger partial charge in [-0.05, 0) is 25.6 Å². The summed E-state index contributed by atoms with van der Waals surface area (Å²) in [7, 11) is 0. The predicted molar refractivity (Wildman–Crippen MR) is 67.1 cm³/mol. The fourth-order valence-electron chi connectivity index (χ4n) is 1.48. The second-order valence-electron chi connectivity index (χ2n) is 3.45. The molecule has 2 heterocycles. The number of H-pyrrole nitrogens is 1. The van der Waals surface area contributed by atoms with Gasteiger partial charge in [0.2, 0.25) is 5.95 Å². The Labute approximate surface area is 102 Å². The fourth-order valence-corrected chi connectivity index (χ4v) is 2.68.